The molecule has 0 aliphatic heterocycles. The topological polar surface area (TPSA) is 279 Å². The number of carboxylic acid groups (broad SMARTS) is 6. The highest BCUT2D eigenvalue weighted by Gasteiger charge is 2.15. The van der Waals surface area contributed by atoms with Gasteiger partial charge in [0.1, 0.15) is 23.0 Å². The van der Waals surface area contributed by atoms with E-state index >= 15 is 0 Å². The molecule has 18 heteroatoms. The van der Waals surface area contributed by atoms with Crippen LogP contribution < -0.4 is 28.4 Å². The van der Waals surface area contributed by atoms with Gasteiger partial charge in [-0.3, -0.25) is 0 Å². The second-order valence-electron chi connectivity index (χ2n) is 5.46. The summed E-state index contributed by atoms with van der Waals surface area (Å²) in [6.45, 7) is 0. The fourth-order valence-corrected chi connectivity index (χ4v) is 2.03. The minimum atomic E-state index is -1.72. The summed E-state index contributed by atoms with van der Waals surface area (Å²) in [4.78, 5) is 61.8. The third kappa shape index (κ3) is 11.1. The second-order valence-corrected chi connectivity index (χ2v) is 5.46. The Morgan fingerprint density at radius 1 is 0.389 bits per heavy atom. The number of hydrogen-bond donors (Lipinski definition) is 6. The Balaban J connectivity index is 0.000000360. The van der Waals surface area contributed by atoms with Crippen LogP contribution in [0.25, 0.3) is 0 Å². The van der Waals surface area contributed by atoms with Crippen molar-refractivity contribution < 1.29 is 87.8 Å². The maximum absolute atomic E-state index is 10.4. The highest BCUT2D eigenvalue weighted by atomic mass is 16.7. The molecule has 0 unspecified atom stereocenters. The average molecular weight is 516 g/mol. The largest absolute Gasteiger partial charge is 0.511 e. The van der Waals surface area contributed by atoms with Gasteiger partial charge in [0.05, 0.1) is 0 Å². The van der Waals surface area contributed by atoms with Gasteiger partial charge in [0, 0.05) is 24.3 Å². The van der Waals surface area contributed by atoms with Gasteiger partial charge in [0.15, 0.2) is 11.5 Å². The molecule has 0 saturated carbocycles. The summed E-state index contributed by atoms with van der Waals surface area (Å²) in [5.74, 6) is -2.23. The van der Waals surface area contributed by atoms with Crippen LogP contribution in [0.2, 0.25) is 0 Å². The summed E-state index contributed by atoms with van der Waals surface area (Å²) < 4.78 is 25.4. The first kappa shape index (κ1) is 28.1. The molecule has 192 valence electrons. The number of hydrogen-bond acceptors (Lipinski definition) is 12. The van der Waals surface area contributed by atoms with Gasteiger partial charge in [0.25, 0.3) is 0 Å². The highest BCUT2D eigenvalue weighted by molar-refractivity contribution is 5.69. The number of ether oxygens (including phenoxy) is 6. The van der Waals surface area contributed by atoms with Crippen LogP contribution in [-0.2, 0) is 0 Å². The predicted molar refractivity (Wildman–Crippen MR) is 105 cm³/mol. The van der Waals surface area contributed by atoms with Crippen molar-refractivity contribution in [2.24, 2.45) is 0 Å². The zero-order valence-corrected chi connectivity index (χ0v) is 17.0. The van der Waals surface area contributed by atoms with Crippen molar-refractivity contribution >= 4 is 36.9 Å². The lowest BCUT2D eigenvalue weighted by Gasteiger charge is -2.08. The van der Waals surface area contributed by atoms with Gasteiger partial charge < -0.3 is 59.1 Å². The van der Waals surface area contributed by atoms with Crippen LogP contribution in [0.4, 0.5) is 28.8 Å². The van der Waals surface area contributed by atoms with Crippen LogP contribution >= 0.6 is 0 Å². The molecular formula is C18H12O18. The maximum Gasteiger partial charge on any atom is 0.511 e. The molecule has 36 heavy (non-hydrogen) atoms. The Bertz CT molecular complexity index is 1080. The van der Waals surface area contributed by atoms with Crippen LogP contribution in [0.1, 0.15) is 0 Å². The monoisotopic (exact) mass is 516 g/mol. The Hall–Kier alpha value is -5.94. The molecule has 2 aromatic carbocycles. The summed E-state index contributed by atoms with van der Waals surface area (Å²) in [6, 6.07) is 5.75. The number of rotatable bonds is 6. The highest BCUT2D eigenvalue weighted by Crippen LogP contribution is 2.32. The molecule has 2 rings (SSSR count). The summed E-state index contributed by atoms with van der Waals surface area (Å²) in [5, 5.41) is 50.3. The SMILES string of the molecule is O=C(O)Oc1cc(OC(=O)O)cc(OC(=O)O)c1.O=C(O)Oc1ccc(OC(=O)O)c(OC(=O)O)c1. The standard InChI is InChI=1S/2C9H6O9/c10-7(11)16-4-1-5(17-8(12)13)3-6(2-4)18-9(14)15;10-7(11)16-4-1-2-5(17-8(12)13)6(3-4)18-9(14)15/h2*1-3H,(H,10,11)(H,12,13)(H,14,15). The molecule has 18 nitrogen and oxygen atoms in total. The Kier molecular flexibility index (Phi) is 10.1. The van der Waals surface area contributed by atoms with Gasteiger partial charge in [-0.15, -0.1) is 0 Å². The van der Waals surface area contributed by atoms with Crippen LogP contribution in [0.5, 0.6) is 34.5 Å². The van der Waals surface area contributed by atoms with E-state index in [2.05, 4.69) is 28.4 Å². The molecule has 0 saturated heterocycles. The summed E-state index contributed by atoms with van der Waals surface area (Å²) in [5.41, 5.74) is 0. The molecule has 0 aliphatic rings. The maximum atomic E-state index is 10.4. The van der Waals surface area contributed by atoms with Gasteiger partial charge in [-0.1, -0.05) is 0 Å². The van der Waals surface area contributed by atoms with Crippen molar-refractivity contribution in [2.45, 2.75) is 0 Å². The first-order valence-corrected chi connectivity index (χ1v) is 8.49. The second kappa shape index (κ2) is 12.9. The van der Waals surface area contributed by atoms with Gasteiger partial charge >= 0.3 is 36.9 Å². The fourth-order valence-electron chi connectivity index (χ4n) is 2.03. The number of benzene rings is 2. The first-order chi connectivity index (χ1) is 16.7. The van der Waals surface area contributed by atoms with Crippen LogP contribution in [0.3, 0.4) is 0 Å². The zero-order valence-electron chi connectivity index (χ0n) is 17.0. The summed E-state index contributed by atoms with van der Waals surface area (Å²) in [7, 11) is 0. The third-order valence-electron chi connectivity index (χ3n) is 2.98. The van der Waals surface area contributed by atoms with E-state index < -0.39 is 48.4 Å². The lowest BCUT2D eigenvalue weighted by molar-refractivity contribution is 0.132. The number of carbonyl (C=O) groups is 6. The normalized spacial score (nSPS) is 9.33. The Morgan fingerprint density at radius 2 is 0.694 bits per heavy atom. The molecule has 0 aliphatic carbocycles. The fraction of sp³-hybridized carbons (Fsp3) is 0. The zero-order chi connectivity index (χ0) is 27.4. The molecule has 0 spiro atoms. The quantitative estimate of drug-likeness (QED) is 0.235. The summed E-state index contributed by atoms with van der Waals surface area (Å²) in [6.07, 6.45) is -10.0. The Labute approximate surface area is 196 Å². The molecular weight excluding hydrogens is 504 g/mol. The molecule has 0 fully saturated rings. The molecule has 0 atom stereocenters. The predicted octanol–water partition coefficient (Wildman–Crippen LogP) is 3.71. The minimum absolute atomic E-state index is 0.253. The third-order valence-corrected chi connectivity index (χ3v) is 2.98. The molecule has 6 N–H and O–H groups in total. The average Bonchev–Trinajstić information content (AvgIpc) is 2.67. The van der Waals surface area contributed by atoms with E-state index in [1.165, 1.54) is 0 Å². The van der Waals surface area contributed by atoms with E-state index in [1.807, 2.05) is 0 Å². The van der Waals surface area contributed by atoms with E-state index in [0.717, 1.165) is 36.4 Å². The van der Waals surface area contributed by atoms with E-state index in [0.29, 0.717) is 0 Å². The van der Waals surface area contributed by atoms with Gasteiger partial charge in [-0.2, -0.15) is 0 Å². The van der Waals surface area contributed by atoms with Crippen molar-refractivity contribution in [3.05, 3.63) is 36.4 Å². The van der Waals surface area contributed by atoms with E-state index in [9.17, 15) is 28.8 Å². The van der Waals surface area contributed by atoms with Crippen molar-refractivity contribution in [1.82, 2.24) is 0 Å². The van der Waals surface area contributed by atoms with Gasteiger partial charge in [0.2, 0.25) is 0 Å². The molecule has 2 aromatic rings. The van der Waals surface area contributed by atoms with Crippen molar-refractivity contribution in [1.29, 1.82) is 0 Å². The lowest BCUT2D eigenvalue weighted by Crippen LogP contribution is -2.09. The lowest BCUT2D eigenvalue weighted by atomic mass is 10.3. The first-order valence-electron chi connectivity index (χ1n) is 8.49. The van der Waals surface area contributed by atoms with E-state index in [4.69, 9.17) is 30.6 Å². The van der Waals surface area contributed by atoms with E-state index in [1.54, 1.807) is 0 Å². The van der Waals surface area contributed by atoms with Crippen LogP contribution in [-0.4, -0.2) is 67.6 Å². The molecule has 0 heterocycles. The molecule has 0 radical (unpaired) electrons. The van der Waals surface area contributed by atoms with Crippen molar-refractivity contribution in [3.63, 3.8) is 0 Å². The Morgan fingerprint density at radius 3 is 1.03 bits per heavy atom. The smallest absolute Gasteiger partial charge is 0.449 e. The van der Waals surface area contributed by atoms with E-state index in [-0.39, 0.29) is 23.0 Å². The van der Waals surface area contributed by atoms with Crippen LogP contribution in [0.15, 0.2) is 36.4 Å². The molecule has 0 bridgehead atoms. The van der Waals surface area contributed by atoms with Gasteiger partial charge in [-0.05, 0) is 12.1 Å². The molecule has 0 aromatic heterocycles. The van der Waals surface area contributed by atoms with Crippen LogP contribution in [0, 0.1) is 0 Å². The van der Waals surface area contributed by atoms with Crippen molar-refractivity contribution in [3.8, 4) is 34.5 Å². The van der Waals surface area contributed by atoms with Crippen molar-refractivity contribution in [2.75, 3.05) is 0 Å². The van der Waals surface area contributed by atoms with Gasteiger partial charge in [-0.25, -0.2) is 28.8 Å². The minimum Gasteiger partial charge on any atom is -0.449 e. The molecule has 0 amide bonds. The summed E-state index contributed by atoms with van der Waals surface area (Å²) >= 11 is 0.